The van der Waals surface area contributed by atoms with Crippen molar-refractivity contribution in [1.29, 1.82) is 0 Å². The fraction of sp³-hybridized carbons (Fsp3) is 0. The number of hydrogen-bond donors (Lipinski definition) is 0. The fourth-order valence-electron chi connectivity index (χ4n) is 8.63. The third kappa shape index (κ3) is 6.91. The van der Waals surface area contributed by atoms with Crippen molar-refractivity contribution < 1.29 is 91.8 Å². The topological polar surface area (TPSA) is 316 Å². The summed E-state index contributed by atoms with van der Waals surface area (Å²) in [6.07, 6.45) is 0. The summed E-state index contributed by atoms with van der Waals surface area (Å²) in [4.78, 5) is 163. The predicted octanol–water partition coefficient (Wildman–Crippen LogP) is 2.45. The minimum atomic E-state index is -5.31. The van der Waals surface area contributed by atoms with Crippen LogP contribution in [0.5, 0.6) is 0 Å². The summed E-state index contributed by atoms with van der Waals surface area (Å²) in [5.41, 5.74) is -4.08. The molecule has 6 aromatic rings. The number of rotatable bonds is 4. The van der Waals surface area contributed by atoms with Gasteiger partial charge in [0.1, 0.15) is 0 Å². The molecule has 28 heteroatoms. The average Bonchev–Trinajstić information content (AvgIpc) is 3.55. The Hall–Kier alpha value is -6.78. The third-order valence-electron chi connectivity index (χ3n) is 11.6. The number of benzene rings is 6. The van der Waals surface area contributed by atoms with Crippen LogP contribution in [0, 0.1) is 0 Å². The van der Waals surface area contributed by atoms with Crippen LogP contribution in [-0.2, 0) is 34.3 Å². The number of fused-ring (bicyclic) bond motifs is 14. The van der Waals surface area contributed by atoms with Crippen molar-refractivity contribution >= 4 is 195 Å². The van der Waals surface area contributed by atoms with Crippen LogP contribution < -0.4 is 0 Å². The van der Waals surface area contributed by atoms with Gasteiger partial charge in [0.2, 0.25) is 0 Å². The Labute approximate surface area is 422 Å². The van der Waals surface area contributed by atoms with Crippen molar-refractivity contribution in [2.24, 2.45) is 0 Å². The molecule has 0 N–H and O–H groups in total. The van der Waals surface area contributed by atoms with Crippen LogP contribution in [0.2, 0.25) is 0 Å². The molecule has 0 radical (unpaired) electrons. The molecule has 336 valence electrons. The molecule has 70 heavy (non-hydrogen) atoms. The SMILES string of the molecule is O=C([O][In]1[O]C(=O)c2ccc(c3c4ccc(c23)C(=O)[O][In]([O]C(=O)c2ccc3c5c6ccc(c25)C(=O)[O][In]([O]C6=O)[O]C3=O)[O]C4=O)C(=O)[O]1)c1ccc2c3c4ccc(c13)C(=O)[O][In]([O]C4=O)[O]C2=O. The maximum atomic E-state index is 14.1. The van der Waals surface area contributed by atoms with Gasteiger partial charge >= 0.3 is 426 Å². The molecule has 16 bridgehead atoms. The van der Waals surface area contributed by atoms with Crippen molar-refractivity contribution in [3.8, 4) is 0 Å². The van der Waals surface area contributed by atoms with Crippen molar-refractivity contribution in [2.45, 2.75) is 0 Å². The van der Waals surface area contributed by atoms with Crippen molar-refractivity contribution in [1.82, 2.24) is 0 Å². The Morgan fingerprint density at radius 2 is 0.457 bits per heavy atom. The second kappa shape index (κ2) is 16.4. The molecule has 0 saturated carbocycles. The molecule has 24 nitrogen and oxygen atoms in total. The first kappa shape index (κ1) is 44.4. The summed E-state index contributed by atoms with van der Waals surface area (Å²) in [5.74, 6) is -14.0. The van der Waals surface area contributed by atoms with Crippen molar-refractivity contribution in [2.75, 3.05) is 0 Å². The molecule has 12 aliphatic heterocycles. The van der Waals surface area contributed by atoms with Crippen LogP contribution in [-0.4, -0.2) is 163 Å². The molecule has 6 aromatic carbocycles. The summed E-state index contributed by atoms with van der Waals surface area (Å²) in [6.45, 7) is 0. The summed E-state index contributed by atoms with van der Waals surface area (Å²) in [6, 6.07) is 13.5. The first-order valence-corrected chi connectivity index (χ1v) is 36.1. The van der Waals surface area contributed by atoms with E-state index in [2.05, 4.69) is 0 Å². The van der Waals surface area contributed by atoms with E-state index in [0.29, 0.717) is 0 Å². The fourth-order valence-corrected chi connectivity index (χ4v) is 20.6. The Morgan fingerprint density at radius 1 is 0.271 bits per heavy atom. The molecular weight excluding hydrogens is 1350 g/mol. The number of carbonyl (C=O) groups excluding carboxylic acids is 12. The van der Waals surface area contributed by atoms with Gasteiger partial charge in [-0.2, -0.15) is 0 Å². The third-order valence-corrected chi connectivity index (χ3v) is 25.5. The molecule has 0 spiro atoms. The minimum absolute atomic E-state index is 0.202. The van der Waals surface area contributed by atoms with Crippen LogP contribution in [0.15, 0.2) is 72.8 Å². The van der Waals surface area contributed by atoms with Gasteiger partial charge in [0.05, 0.1) is 0 Å². The summed E-state index contributed by atoms with van der Waals surface area (Å²) in [5, 5.41) is -1.73. The Bertz CT molecular complexity index is 3340. The van der Waals surface area contributed by atoms with E-state index in [1.807, 2.05) is 0 Å². The molecule has 0 saturated heterocycles. The predicted molar refractivity (Wildman–Crippen MR) is 220 cm³/mol. The van der Waals surface area contributed by atoms with Crippen LogP contribution in [0.3, 0.4) is 0 Å². The Kier molecular flexibility index (Phi) is 10.4. The molecule has 12 aliphatic rings. The van der Waals surface area contributed by atoms with Gasteiger partial charge in [-0.25, -0.2) is 0 Å². The van der Waals surface area contributed by atoms with E-state index in [0.717, 1.165) is 48.5 Å². The van der Waals surface area contributed by atoms with Crippen LogP contribution in [0.1, 0.15) is 124 Å². The average molecular weight is 1360 g/mol. The van der Waals surface area contributed by atoms with Gasteiger partial charge in [0.25, 0.3) is 0 Å². The Balaban J connectivity index is 0.876. The van der Waals surface area contributed by atoms with Gasteiger partial charge in [-0.1, -0.05) is 0 Å². The normalized spacial score (nSPS) is 16.6. The van der Waals surface area contributed by atoms with Gasteiger partial charge in [0.15, 0.2) is 0 Å². The van der Waals surface area contributed by atoms with Gasteiger partial charge in [-0.05, 0) is 0 Å². The molecule has 0 unspecified atom stereocenters. The van der Waals surface area contributed by atoms with E-state index in [1.54, 1.807) is 0 Å². The van der Waals surface area contributed by atoms with Crippen molar-refractivity contribution in [3.63, 3.8) is 0 Å². The van der Waals surface area contributed by atoms with E-state index < -0.39 is 196 Å². The standard InChI is InChI=1S/3C14H8O8.4In/c3*15-11(16)5-1-2-6(12(17)18)10-8(14(21)22)4-3-7(9(5)10)13(19)20;;;;/h3*1-4H,(H,15,16)(H,17,18)(H,19,20)(H,21,22);;;;/q;;;4*+3/p-12. The molecule has 12 heterocycles. The summed E-state index contributed by atoms with van der Waals surface area (Å²) < 4.78 is 64.7. The van der Waals surface area contributed by atoms with E-state index in [-0.39, 0.29) is 65.7 Å². The van der Waals surface area contributed by atoms with E-state index in [4.69, 9.17) is 34.3 Å². The second-order valence-corrected chi connectivity index (χ2v) is 29.9. The summed E-state index contributed by atoms with van der Waals surface area (Å²) >= 11 is -19.7. The van der Waals surface area contributed by atoms with Crippen LogP contribution >= 0.6 is 0 Å². The molecule has 0 amide bonds. The zero-order chi connectivity index (χ0) is 48.6. The van der Waals surface area contributed by atoms with Gasteiger partial charge in [-0.15, -0.1) is 0 Å². The van der Waals surface area contributed by atoms with Gasteiger partial charge in [-0.3, -0.25) is 0 Å². The monoisotopic (exact) mass is 1360 g/mol. The van der Waals surface area contributed by atoms with E-state index in [9.17, 15) is 57.5 Å². The maximum absolute atomic E-state index is 14.1. The van der Waals surface area contributed by atoms with Crippen molar-refractivity contribution in [3.05, 3.63) is 140 Å². The second-order valence-electron chi connectivity index (χ2n) is 15.2. The summed E-state index contributed by atoms with van der Waals surface area (Å²) in [7, 11) is 0. The number of hydrogen-bond acceptors (Lipinski definition) is 24. The molecule has 0 fully saturated rings. The Morgan fingerprint density at radius 3 is 0.700 bits per heavy atom. The van der Waals surface area contributed by atoms with Crippen LogP contribution in [0.4, 0.5) is 0 Å². The van der Waals surface area contributed by atoms with Gasteiger partial charge < -0.3 is 0 Å². The molecule has 0 aromatic heterocycles. The van der Waals surface area contributed by atoms with E-state index in [1.165, 1.54) is 24.3 Å². The van der Waals surface area contributed by atoms with Crippen LogP contribution in [0.25, 0.3) is 32.3 Å². The molecule has 0 aliphatic carbocycles. The number of carbonyl (C=O) groups is 12. The molecule has 0 atom stereocenters. The molecular formula is C42H12In4O24. The van der Waals surface area contributed by atoms with E-state index >= 15 is 0 Å². The zero-order valence-corrected chi connectivity index (χ0v) is 47.2. The first-order chi connectivity index (χ1) is 33.6. The first-order valence-electron chi connectivity index (χ1n) is 19.9. The quantitative estimate of drug-likeness (QED) is 0.245. The van der Waals surface area contributed by atoms with Gasteiger partial charge in [0, 0.05) is 0 Å². The zero-order valence-electron chi connectivity index (χ0n) is 34.0. The molecule has 18 rings (SSSR count).